The molecule has 0 bridgehead atoms. The van der Waals surface area contributed by atoms with E-state index in [4.69, 9.17) is 0 Å². The van der Waals surface area contributed by atoms with Crippen molar-refractivity contribution in [2.75, 3.05) is 18.0 Å². The first-order valence-corrected chi connectivity index (χ1v) is 7.62. The third-order valence-corrected chi connectivity index (χ3v) is 4.21. The van der Waals surface area contributed by atoms with Gasteiger partial charge in [-0.25, -0.2) is 4.98 Å². The highest BCUT2D eigenvalue weighted by Gasteiger charge is 2.22. The molecule has 1 fully saturated rings. The minimum absolute atomic E-state index is 0.0326. The van der Waals surface area contributed by atoms with Crippen molar-refractivity contribution in [1.29, 1.82) is 0 Å². The summed E-state index contributed by atoms with van der Waals surface area (Å²) in [6.45, 7) is 2.48. The van der Waals surface area contributed by atoms with Crippen LogP contribution in [-0.2, 0) is 20.6 Å². The molecule has 7 nitrogen and oxygen atoms in total. The molecule has 0 radical (unpaired) electrons. The molecule has 1 saturated heterocycles. The maximum Gasteiger partial charge on any atom is 0.293 e. The Morgan fingerprint density at radius 2 is 2.23 bits per heavy atom. The summed E-state index contributed by atoms with van der Waals surface area (Å²) >= 11 is 0. The monoisotopic (exact) mass is 302 g/mol. The van der Waals surface area contributed by atoms with Crippen molar-refractivity contribution in [2.24, 2.45) is 14.1 Å². The number of nitrogens with one attached hydrogen (secondary N) is 1. The minimum atomic E-state index is -0.0326. The van der Waals surface area contributed by atoms with Crippen LogP contribution in [0.3, 0.4) is 0 Å². The molecule has 1 aliphatic rings. The van der Waals surface area contributed by atoms with E-state index < -0.39 is 0 Å². The molecule has 3 heterocycles. The summed E-state index contributed by atoms with van der Waals surface area (Å²) < 4.78 is 3.46. The predicted molar refractivity (Wildman–Crippen MR) is 84.8 cm³/mol. The Labute approximate surface area is 129 Å². The number of hydrogen-bond donors (Lipinski definition) is 1. The van der Waals surface area contributed by atoms with E-state index in [1.54, 1.807) is 24.0 Å². The molecule has 0 saturated carbocycles. The third-order valence-electron chi connectivity index (χ3n) is 4.21. The first-order chi connectivity index (χ1) is 10.6. The van der Waals surface area contributed by atoms with Crippen LogP contribution in [-0.4, -0.2) is 38.5 Å². The fourth-order valence-corrected chi connectivity index (χ4v) is 2.86. The van der Waals surface area contributed by atoms with Gasteiger partial charge in [-0.05, 0) is 18.9 Å². The second-order valence-electron chi connectivity index (χ2n) is 5.78. The van der Waals surface area contributed by atoms with E-state index in [0.717, 1.165) is 38.2 Å². The van der Waals surface area contributed by atoms with E-state index in [2.05, 4.69) is 20.3 Å². The maximum atomic E-state index is 12.2. The van der Waals surface area contributed by atoms with Gasteiger partial charge in [-0.15, -0.1) is 0 Å². The van der Waals surface area contributed by atoms with Gasteiger partial charge in [0.05, 0.1) is 5.69 Å². The lowest BCUT2D eigenvalue weighted by molar-refractivity contribution is 0.413. The Hall–Kier alpha value is -2.15. The molecule has 1 aliphatic heterocycles. The minimum Gasteiger partial charge on any atom is -0.350 e. The summed E-state index contributed by atoms with van der Waals surface area (Å²) in [6.07, 6.45) is 7.35. The Kier molecular flexibility index (Phi) is 4.24. The van der Waals surface area contributed by atoms with Gasteiger partial charge in [0, 0.05) is 58.4 Å². The molecule has 0 spiro atoms. The van der Waals surface area contributed by atoms with Crippen LogP contribution in [0.25, 0.3) is 0 Å². The summed E-state index contributed by atoms with van der Waals surface area (Å²) in [5.41, 5.74) is 1.13. The topological polar surface area (TPSA) is 68.0 Å². The smallest absolute Gasteiger partial charge is 0.293 e. The number of aromatic nitrogens is 4. The van der Waals surface area contributed by atoms with Crippen LogP contribution in [0.4, 0.5) is 5.82 Å². The molecule has 0 aliphatic carbocycles. The summed E-state index contributed by atoms with van der Waals surface area (Å²) in [5.74, 6) is 0.553. The van der Waals surface area contributed by atoms with Crippen molar-refractivity contribution in [3.63, 3.8) is 0 Å². The highest BCUT2D eigenvalue weighted by Crippen LogP contribution is 2.15. The molecule has 7 heteroatoms. The van der Waals surface area contributed by atoms with Crippen LogP contribution < -0.4 is 15.8 Å². The molecule has 2 aromatic rings. The number of rotatable bonds is 4. The van der Waals surface area contributed by atoms with Crippen molar-refractivity contribution in [2.45, 2.75) is 25.4 Å². The third kappa shape index (κ3) is 3.04. The van der Waals surface area contributed by atoms with Gasteiger partial charge >= 0.3 is 0 Å². The first-order valence-electron chi connectivity index (χ1n) is 7.62. The number of piperidine rings is 1. The zero-order valence-corrected chi connectivity index (χ0v) is 13.1. The molecule has 22 heavy (non-hydrogen) atoms. The average Bonchev–Trinajstić information content (AvgIpc) is 2.93. The van der Waals surface area contributed by atoms with E-state index >= 15 is 0 Å². The van der Waals surface area contributed by atoms with Crippen molar-refractivity contribution < 1.29 is 0 Å². The fraction of sp³-hybridized carbons (Fsp3) is 0.533. The molecule has 1 atom stereocenters. The predicted octanol–water partition coefficient (Wildman–Crippen LogP) is 0.272. The van der Waals surface area contributed by atoms with Crippen LogP contribution in [0.1, 0.15) is 18.5 Å². The zero-order chi connectivity index (χ0) is 15.5. The van der Waals surface area contributed by atoms with E-state index in [0.29, 0.717) is 11.9 Å². The number of nitrogens with zero attached hydrogens (tertiary/aromatic N) is 5. The zero-order valence-electron chi connectivity index (χ0n) is 13.1. The van der Waals surface area contributed by atoms with Gasteiger partial charge in [0.1, 0.15) is 0 Å². The molecule has 2 aromatic heterocycles. The number of anilines is 1. The molecule has 1 N–H and O–H groups in total. The van der Waals surface area contributed by atoms with Crippen molar-refractivity contribution in [3.05, 3.63) is 40.7 Å². The van der Waals surface area contributed by atoms with Crippen molar-refractivity contribution >= 4 is 5.82 Å². The Bertz CT molecular complexity index is 691. The van der Waals surface area contributed by atoms with E-state index in [9.17, 15) is 4.79 Å². The van der Waals surface area contributed by atoms with Gasteiger partial charge in [-0.2, -0.15) is 5.10 Å². The summed E-state index contributed by atoms with van der Waals surface area (Å²) in [7, 11) is 3.71. The molecule has 0 amide bonds. The molecular weight excluding hydrogens is 280 g/mol. The maximum absolute atomic E-state index is 12.2. The second kappa shape index (κ2) is 6.31. The second-order valence-corrected chi connectivity index (χ2v) is 5.78. The highest BCUT2D eigenvalue weighted by atomic mass is 16.1. The van der Waals surface area contributed by atoms with Crippen molar-refractivity contribution in [1.82, 2.24) is 24.6 Å². The van der Waals surface area contributed by atoms with Gasteiger partial charge in [-0.3, -0.25) is 9.48 Å². The molecule has 1 unspecified atom stereocenters. The SMILES string of the molecule is Cn1nccc1CNC1CCCN(c2nccn(C)c2=O)C1. The quantitative estimate of drug-likeness (QED) is 0.878. The average molecular weight is 302 g/mol. The summed E-state index contributed by atoms with van der Waals surface area (Å²) in [5, 5.41) is 7.74. The van der Waals surface area contributed by atoms with Crippen LogP contribution >= 0.6 is 0 Å². The molecule has 0 aromatic carbocycles. The Balaban J connectivity index is 1.65. The van der Waals surface area contributed by atoms with E-state index in [-0.39, 0.29) is 5.56 Å². The Morgan fingerprint density at radius 3 is 3.00 bits per heavy atom. The van der Waals surface area contributed by atoms with Crippen LogP contribution in [0.15, 0.2) is 29.5 Å². The number of aryl methyl sites for hydroxylation is 2. The lowest BCUT2D eigenvalue weighted by atomic mass is 10.1. The van der Waals surface area contributed by atoms with Crippen LogP contribution in [0.2, 0.25) is 0 Å². The highest BCUT2D eigenvalue weighted by molar-refractivity contribution is 5.36. The molecule has 118 valence electrons. The van der Waals surface area contributed by atoms with Gasteiger partial charge in [-0.1, -0.05) is 0 Å². The summed E-state index contributed by atoms with van der Waals surface area (Å²) in [6, 6.07) is 2.37. The lowest BCUT2D eigenvalue weighted by Gasteiger charge is -2.33. The van der Waals surface area contributed by atoms with Crippen LogP contribution in [0, 0.1) is 0 Å². The molecular formula is C15H22N6O. The number of hydrogen-bond acceptors (Lipinski definition) is 5. The van der Waals surface area contributed by atoms with E-state index in [1.807, 2.05) is 24.0 Å². The fourth-order valence-electron chi connectivity index (χ4n) is 2.86. The molecule has 3 rings (SSSR count). The van der Waals surface area contributed by atoms with Gasteiger partial charge in [0.25, 0.3) is 5.56 Å². The van der Waals surface area contributed by atoms with Crippen molar-refractivity contribution in [3.8, 4) is 0 Å². The standard InChI is InChI=1S/C15H22N6O/c1-19-9-7-16-14(15(19)22)21-8-3-4-12(11-21)17-10-13-5-6-18-20(13)2/h5-7,9,12,17H,3-4,8,10-11H2,1-2H3. The van der Waals surface area contributed by atoms with E-state index in [1.165, 1.54) is 0 Å². The van der Waals surface area contributed by atoms with Gasteiger partial charge in [0.2, 0.25) is 0 Å². The largest absolute Gasteiger partial charge is 0.350 e. The van der Waals surface area contributed by atoms with Gasteiger partial charge < -0.3 is 14.8 Å². The normalized spacial score (nSPS) is 18.6. The Morgan fingerprint density at radius 1 is 1.36 bits per heavy atom. The lowest BCUT2D eigenvalue weighted by Crippen LogP contribution is -2.47. The summed E-state index contributed by atoms with van der Waals surface area (Å²) in [4.78, 5) is 18.6. The first kappa shape index (κ1) is 14.8. The van der Waals surface area contributed by atoms with Crippen LogP contribution in [0.5, 0.6) is 0 Å². The van der Waals surface area contributed by atoms with Gasteiger partial charge in [0.15, 0.2) is 5.82 Å².